The van der Waals surface area contributed by atoms with Crippen LogP contribution in [0.5, 0.6) is 0 Å². The second-order valence-corrected chi connectivity index (χ2v) is 5.15. The molecule has 2 heteroatoms. The van der Waals surface area contributed by atoms with Crippen LogP contribution in [0, 0.1) is 6.92 Å². The van der Waals surface area contributed by atoms with Crippen LogP contribution in [0.15, 0.2) is 24.3 Å². The molecule has 0 N–H and O–H groups in total. The molecule has 0 saturated heterocycles. The van der Waals surface area contributed by atoms with E-state index in [1.165, 1.54) is 10.0 Å². The third-order valence-corrected chi connectivity index (χ3v) is 4.71. The zero-order valence-electron chi connectivity index (χ0n) is 5.16. The molecule has 0 heterocycles. The summed E-state index contributed by atoms with van der Waals surface area (Å²) in [6.45, 7) is 2.16. The van der Waals surface area contributed by atoms with Gasteiger partial charge in [0.1, 0.15) is 0 Å². The van der Waals surface area contributed by atoms with E-state index in [1.807, 2.05) is 0 Å². The predicted molar refractivity (Wildman–Crippen MR) is 43.7 cm³/mol. The van der Waals surface area contributed by atoms with E-state index in [4.69, 9.17) is 0 Å². The van der Waals surface area contributed by atoms with Gasteiger partial charge in [0, 0.05) is 0 Å². The van der Waals surface area contributed by atoms with Crippen molar-refractivity contribution in [3.63, 3.8) is 0 Å². The fourth-order valence-corrected chi connectivity index (χ4v) is 3.63. The molecule has 1 aromatic carbocycles. The van der Waals surface area contributed by atoms with E-state index in [0.29, 0.717) is 13.1 Å². The first kappa shape index (κ1) is 7.37. The molecular weight excluding hydrogens is 242 g/mol. The van der Waals surface area contributed by atoms with Crippen molar-refractivity contribution in [2.24, 2.45) is 0 Å². The van der Waals surface area contributed by atoms with Crippen molar-refractivity contribution >= 4 is 31.8 Å². The molecule has 1 rings (SSSR count). The normalized spacial score (nSPS) is 9.56. The molecule has 0 aliphatic heterocycles. The molecule has 1 aromatic rings. The topological polar surface area (TPSA) is 0 Å². The molecule has 0 nitrogen and oxygen atoms in total. The van der Waals surface area contributed by atoms with Gasteiger partial charge in [-0.1, -0.05) is 0 Å². The first-order valence-corrected chi connectivity index (χ1v) is 8.32. The molecular formula is C7H8Se2. The molecule has 0 aliphatic carbocycles. The van der Waals surface area contributed by atoms with Crippen LogP contribution in [0.3, 0.4) is 0 Å². The van der Waals surface area contributed by atoms with Crippen molar-refractivity contribution in [1.29, 1.82) is 0 Å². The summed E-state index contributed by atoms with van der Waals surface area (Å²) in [5.74, 6) is 0. The van der Waals surface area contributed by atoms with Gasteiger partial charge < -0.3 is 0 Å². The number of aryl methyl sites for hydroxylation is 1. The van der Waals surface area contributed by atoms with E-state index in [1.54, 1.807) is 0 Å². The van der Waals surface area contributed by atoms with Gasteiger partial charge in [-0.15, -0.1) is 0 Å². The van der Waals surface area contributed by atoms with Gasteiger partial charge in [-0.05, 0) is 0 Å². The molecule has 0 aromatic heterocycles. The van der Waals surface area contributed by atoms with Crippen LogP contribution >= 0.6 is 0 Å². The van der Waals surface area contributed by atoms with E-state index >= 15 is 0 Å². The average molecular weight is 250 g/mol. The molecule has 48 valence electrons. The van der Waals surface area contributed by atoms with Gasteiger partial charge in [-0.25, -0.2) is 0 Å². The standard InChI is InChI=1S/C7H8Se2/c1-6-4-2-3-5-7(6)9-8/h2-5,8H,1H3. The number of benzene rings is 1. The Hall–Kier alpha value is 0.259. The molecule has 0 fully saturated rings. The third-order valence-electron chi connectivity index (χ3n) is 1.19. The molecule has 0 bridgehead atoms. The summed E-state index contributed by atoms with van der Waals surface area (Å²) in [6.07, 6.45) is 0. The van der Waals surface area contributed by atoms with E-state index in [-0.39, 0.29) is 0 Å². The minimum absolute atomic E-state index is 0.596. The van der Waals surface area contributed by atoms with Gasteiger partial charge in [0.2, 0.25) is 0 Å². The first-order valence-electron chi connectivity index (χ1n) is 2.71. The van der Waals surface area contributed by atoms with Crippen molar-refractivity contribution < 1.29 is 0 Å². The first-order chi connectivity index (χ1) is 4.34. The average Bonchev–Trinajstić information content (AvgIpc) is 1.89. The quantitative estimate of drug-likeness (QED) is 0.622. The molecule has 0 aliphatic rings. The van der Waals surface area contributed by atoms with Crippen LogP contribution < -0.4 is 4.46 Å². The zero-order valence-corrected chi connectivity index (χ0v) is 8.75. The van der Waals surface area contributed by atoms with E-state index in [9.17, 15) is 0 Å². The van der Waals surface area contributed by atoms with Crippen molar-refractivity contribution in [2.75, 3.05) is 0 Å². The third kappa shape index (κ3) is 1.84. The second-order valence-electron chi connectivity index (χ2n) is 1.86. The molecule has 0 spiro atoms. The van der Waals surface area contributed by atoms with Crippen LogP contribution in [0.25, 0.3) is 0 Å². The van der Waals surface area contributed by atoms with Gasteiger partial charge >= 0.3 is 68.5 Å². The van der Waals surface area contributed by atoms with Crippen LogP contribution in [-0.2, 0) is 0 Å². The predicted octanol–water partition coefficient (Wildman–Crippen LogP) is 0.140. The van der Waals surface area contributed by atoms with Crippen LogP contribution in [0.1, 0.15) is 5.56 Å². The molecule has 0 unspecified atom stereocenters. The van der Waals surface area contributed by atoms with Gasteiger partial charge in [0.25, 0.3) is 0 Å². The Morgan fingerprint density at radius 2 is 2.00 bits per heavy atom. The van der Waals surface area contributed by atoms with Crippen molar-refractivity contribution in [2.45, 2.75) is 6.92 Å². The molecule has 0 amide bonds. The van der Waals surface area contributed by atoms with E-state index in [2.05, 4.69) is 45.4 Å². The SMILES string of the molecule is Cc1ccccc1[Se][SeH]. The Kier molecular flexibility index (Phi) is 2.81. The van der Waals surface area contributed by atoms with Gasteiger partial charge in [0.05, 0.1) is 0 Å². The summed E-state index contributed by atoms with van der Waals surface area (Å²) >= 11 is 3.25. The second kappa shape index (κ2) is 3.43. The zero-order chi connectivity index (χ0) is 6.69. The number of rotatable bonds is 1. The van der Waals surface area contributed by atoms with Crippen molar-refractivity contribution in [3.8, 4) is 0 Å². The summed E-state index contributed by atoms with van der Waals surface area (Å²) in [4.78, 5) is 0. The molecule has 9 heavy (non-hydrogen) atoms. The van der Waals surface area contributed by atoms with E-state index < -0.39 is 0 Å². The molecule has 0 saturated carbocycles. The Morgan fingerprint density at radius 3 is 2.44 bits per heavy atom. The van der Waals surface area contributed by atoms with Crippen LogP contribution in [0.2, 0.25) is 0 Å². The Labute approximate surface area is 68.6 Å². The fourth-order valence-electron chi connectivity index (χ4n) is 0.659. The number of hydrogen-bond donors (Lipinski definition) is 0. The molecule has 0 atom stereocenters. The van der Waals surface area contributed by atoms with Gasteiger partial charge in [-0.2, -0.15) is 0 Å². The maximum atomic E-state index is 2.65. The van der Waals surface area contributed by atoms with Crippen molar-refractivity contribution in [3.05, 3.63) is 29.8 Å². The summed E-state index contributed by atoms with van der Waals surface area (Å²) in [6, 6.07) is 8.52. The Morgan fingerprint density at radius 1 is 1.33 bits per heavy atom. The monoisotopic (exact) mass is 252 g/mol. The minimum atomic E-state index is 0.596. The van der Waals surface area contributed by atoms with Crippen molar-refractivity contribution in [1.82, 2.24) is 0 Å². The Bertz CT molecular complexity index is 196. The van der Waals surface area contributed by atoms with Gasteiger partial charge in [-0.3, -0.25) is 0 Å². The molecule has 0 radical (unpaired) electrons. The van der Waals surface area contributed by atoms with E-state index in [0.717, 1.165) is 0 Å². The van der Waals surface area contributed by atoms with Crippen LogP contribution in [-0.4, -0.2) is 27.3 Å². The summed E-state index contributed by atoms with van der Waals surface area (Å²) in [7, 11) is 0. The number of hydrogen-bond acceptors (Lipinski definition) is 0. The summed E-state index contributed by atoms with van der Waals surface area (Å²) in [5, 5.41) is 0. The van der Waals surface area contributed by atoms with Gasteiger partial charge in [0.15, 0.2) is 0 Å². The summed E-state index contributed by atoms with van der Waals surface area (Å²) in [5.41, 5.74) is 1.41. The maximum absolute atomic E-state index is 2.65. The van der Waals surface area contributed by atoms with Crippen LogP contribution in [0.4, 0.5) is 0 Å². The fraction of sp³-hybridized carbons (Fsp3) is 0.143. The summed E-state index contributed by atoms with van der Waals surface area (Å²) < 4.78 is 1.49. The Balaban J connectivity index is 3.01.